The Balaban J connectivity index is 0.00000400. The van der Waals surface area contributed by atoms with Crippen molar-refractivity contribution in [3.05, 3.63) is 34.9 Å². The van der Waals surface area contributed by atoms with E-state index in [1.165, 1.54) is 23.8 Å². The van der Waals surface area contributed by atoms with E-state index in [1.54, 1.807) is 7.05 Å². The van der Waals surface area contributed by atoms with Crippen molar-refractivity contribution in [1.29, 1.82) is 0 Å². The predicted molar refractivity (Wildman–Crippen MR) is 96.2 cm³/mol. The molecule has 0 fully saturated rings. The highest BCUT2D eigenvalue weighted by Crippen LogP contribution is 2.09. The maximum Gasteiger partial charge on any atom is 0.307 e. The summed E-state index contributed by atoms with van der Waals surface area (Å²) in [5, 5.41) is 6.30. The van der Waals surface area contributed by atoms with E-state index < -0.39 is 0 Å². The molecule has 1 aromatic carbocycles. The summed E-state index contributed by atoms with van der Waals surface area (Å²) in [7, 11) is 3.09. The van der Waals surface area contributed by atoms with Crippen LogP contribution < -0.4 is 10.6 Å². The van der Waals surface area contributed by atoms with E-state index in [1.807, 2.05) is 0 Å². The third-order valence-corrected chi connectivity index (χ3v) is 3.02. The van der Waals surface area contributed by atoms with Gasteiger partial charge in [-0.05, 0) is 25.0 Å². The van der Waals surface area contributed by atoms with Crippen LogP contribution in [0.5, 0.6) is 0 Å². The molecule has 0 bridgehead atoms. The molecule has 0 aromatic heterocycles. The maximum atomic E-state index is 11.0. The van der Waals surface area contributed by atoms with Crippen molar-refractivity contribution in [2.24, 2.45) is 4.99 Å². The van der Waals surface area contributed by atoms with Crippen molar-refractivity contribution in [3.8, 4) is 0 Å². The number of halogens is 1. The Morgan fingerprint density at radius 2 is 2.00 bits per heavy atom. The van der Waals surface area contributed by atoms with Crippen LogP contribution in [0.15, 0.2) is 23.2 Å². The molecule has 0 aliphatic rings. The molecule has 2 N–H and O–H groups in total. The first kappa shape index (κ1) is 19.7. The van der Waals surface area contributed by atoms with E-state index in [0.717, 1.165) is 0 Å². The first-order chi connectivity index (χ1) is 9.56. The molecule has 0 unspecified atom stereocenters. The number of aliphatic imine (C=N–C) groups is 1. The van der Waals surface area contributed by atoms with Crippen LogP contribution in [0.3, 0.4) is 0 Å². The van der Waals surface area contributed by atoms with E-state index in [0.29, 0.717) is 25.5 Å². The van der Waals surface area contributed by atoms with E-state index in [-0.39, 0.29) is 29.9 Å². The molecule has 6 heteroatoms. The Kier molecular flexibility index (Phi) is 9.77. The number of methoxy groups -OCH3 is 1. The standard InChI is InChI=1S/C15H23N3O2.HI/c1-11-5-6-13(12(2)9-11)10-18-15(16-3)17-8-7-14(19)20-4;/h5-6,9H,7-8,10H2,1-4H3,(H2,16,17,18);1H. The molecular weight excluding hydrogens is 381 g/mol. The highest BCUT2D eigenvalue weighted by molar-refractivity contribution is 14.0. The van der Waals surface area contributed by atoms with Gasteiger partial charge in [0.25, 0.3) is 0 Å². The number of esters is 1. The Hall–Kier alpha value is -1.31. The number of hydrogen-bond donors (Lipinski definition) is 2. The Morgan fingerprint density at radius 1 is 1.29 bits per heavy atom. The number of rotatable bonds is 5. The number of hydrogen-bond acceptors (Lipinski definition) is 3. The van der Waals surface area contributed by atoms with E-state index in [2.05, 4.69) is 52.4 Å². The Morgan fingerprint density at radius 3 is 2.57 bits per heavy atom. The van der Waals surface area contributed by atoms with Gasteiger partial charge in [0, 0.05) is 20.1 Å². The highest BCUT2D eigenvalue weighted by atomic mass is 127. The second kappa shape index (κ2) is 10.4. The zero-order valence-electron chi connectivity index (χ0n) is 13.0. The number of carbonyl (C=O) groups excluding carboxylic acids is 1. The number of guanidine groups is 1. The van der Waals surface area contributed by atoms with Gasteiger partial charge >= 0.3 is 5.97 Å². The van der Waals surface area contributed by atoms with Crippen LogP contribution in [0.2, 0.25) is 0 Å². The highest BCUT2D eigenvalue weighted by Gasteiger charge is 2.03. The van der Waals surface area contributed by atoms with Crippen molar-refractivity contribution in [2.75, 3.05) is 20.7 Å². The minimum Gasteiger partial charge on any atom is -0.469 e. The van der Waals surface area contributed by atoms with Crippen LogP contribution in [0.1, 0.15) is 23.1 Å². The van der Waals surface area contributed by atoms with E-state index in [9.17, 15) is 4.79 Å². The monoisotopic (exact) mass is 405 g/mol. The molecule has 0 radical (unpaired) electrons. The van der Waals surface area contributed by atoms with Crippen LogP contribution in [0.4, 0.5) is 0 Å². The van der Waals surface area contributed by atoms with E-state index >= 15 is 0 Å². The molecule has 118 valence electrons. The molecule has 0 spiro atoms. The van der Waals surface area contributed by atoms with Gasteiger partial charge in [0.05, 0.1) is 13.5 Å². The molecular formula is C15H24IN3O2. The number of ether oxygens (including phenoxy) is 1. The summed E-state index contributed by atoms with van der Waals surface area (Å²) < 4.78 is 4.58. The average molecular weight is 405 g/mol. The SMILES string of the molecule is CN=C(NCCC(=O)OC)NCc1ccc(C)cc1C.I. The summed E-state index contributed by atoms with van der Waals surface area (Å²) in [5.41, 5.74) is 3.74. The van der Waals surface area contributed by atoms with Gasteiger partial charge in [0.15, 0.2) is 5.96 Å². The number of nitrogens with zero attached hydrogens (tertiary/aromatic N) is 1. The second-order valence-electron chi connectivity index (χ2n) is 4.61. The minimum absolute atomic E-state index is 0. The molecule has 0 heterocycles. The fraction of sp³-hybridized carbons (Fsp3) is 0.467. The van der Waals surface area contributed by atoms with E-state index in [4.69, 9.17) is 0 Å². The third kappa shape index (κ3) is 7.31. The summed E-state index contributed by atoms with van der Waals surface area (Å²) >= 11 is 0. The van der Waals surface area contributed by atoms with Crippen molar-refractivity contribution in [1.82, 2.24) is 10.6 Å². The lowest BCUT2D eigenvalue weighted by Crippen LogP contribution is -2.38. The summed E-state index contributed by atoms with van der Waals surface area (Å²) in [6, 6.07) is 6.36. The molecule has 0 aliphatic carbocycles. The summed E-state index contributed by atoms with van der Waals surface area (Å²) in [4.78, 5) is 15.1. The normalized spacial score (nSPS) is 10.6. The van der Waals surface area contributed by atoms with Gasteiger partial charge in [-0.2, -0.15) is 0 Å². The topological polar surface area (TPSA) is 62.7 Å². The van der Waals surface area contributed by atoms with Crippen LogP contribution >= 0.6 is 24.0 Å². The summed E-state index contributed by atoms with van der Waals surface area (Å²) in [5.74, 6) is 0.441. The molecule has 0 aliphatic heterocycles. The lowest BCUT2D eigenvalue weighted by Gasteiger charge is -2.13. The predicted octanol–water partition coefficient (Wildman–Crippen LogP) is 2.15. The first-order valence-corrected chi connectivity index (χ1v) is 6.64. The lowest BCUT2D eigenvalue weighted by atomic mass is 10.1. The van der Waals surface area contributed by atoms with Gasteiger partial charge < -0.3 is 15.4 Å². The van der Waals surface area contributed by atoms with Gasteiger partial charge in [0.1, 0.15) is 0 Å². The third-order valence-electron chi connectivity index (χ3n) is 3.02. The first-order valence-electron chi connectivity index (χ1n) is 6.64. The van der Waals surface area contributed by atoms with Crippen molar-refractivity contribution >= 4 is 35.9 Å². The minimum atomic E-state index is -0.234. The van der Waals surface area contributed by atoms with Gasteiger partial charge in [-0.1, -0.05) is 23.8 Å². The van der Waals surface area contributed by atoms with Crippen LogP contribution in [0.25, 0.3) is 0 Å². The Bertz CT molecular complexity index is 490. The molecule has 0 saturated heterocycles. The molecule has 0 saturated carbocycles. The quantitative estimate of drug-likeness (QED) is 0.341. The maximum absolute atomic E-state index is 11.0. The molecule has 1 aromatic rings. The Labute approximate surface area is 143 Å². The van der Waals surface area contributed by atoms with Crippen molar-refractivity contribution < 1.29 is 9.53 Å². The summed E-state index contributed by atoms with van der Waals surface area (Å²) in [6.45, 7) is 5.37. The molecule has 0 atom stereocenters. The molecule has 1 rings (SSSR count). The van der Waals surface area contributed by atoms with Crippen LogP contribution in [0, 0.1) is 13.8 Å². The fourth-order valence-corrected chi connectivity index (χ4v) is 1.83. The fourth-order valence-electron chi connectivity index (χ4n) is 1.83. The zero-order chi connectivity index (χ0) is 15.0. The van der Waals surface area contributed by atoms with Gasteiger partial charge in [0.2, 0.25) is 0 Å². The summed E-state index contributed by atoms with van der Waals surface area (Å²) in [6.07, 6.45) is 0.320. The number of carbonyl (C=O) groups is 1. The van der Waals surface area contributed by atoms with Crippen molar-refractivity contribution in [2.45, 2.75) is 26.8 Å². The van der Waals surface area contributed by atoms with Gasteiger partial charge in [-0.25, -0.2) is 0 Å². The number of nitrogens with one attached hydrogen (secondary N) is 2. The molecule has 21 heavy (non-hydrogen) atoms. The lowest BCUT2D eigenvalue weighted by molar-refractivity contribution is -0.140. The number of benzene rings is 1. The second-order valence-corrected chi connectivity index (χ2v) is 4.61. The van der Waals surface area contributed by atoms with Crippen LogP contribution in [-0.4, -0.2) is 32.6 Å². The largest absolute Gasteiger partial charge is 0.469 e. The smallest absolute Gasteiger partial charge is 0.307 e. The van der Waals surface area contributed by atoms with Crippen LogP contribution in [-0.2, 0) is 16.1 Å². The zero-order valence-corrected chi connectivity index (χ0v) is 15.4. The molecule has 0 amide bonds. The van der Waals surface area contributed by atoms with Crippen molar-refractivity contribution in [3.63, 3.8) is 0 Å². The van der Waals surface area contributed by atoms with Gasteiger partial charge in [-0.3, -0.25) is 9.79 Å². The molecule has 5 nitrogen and oxygen atoms in total. The average Bonchev–Trinajstić information content (AvgIpc) is 2.43. The van der Waals surface area contributed by atoms with Gasteiger partial charge in [-0.15, -0.1) is 24.0 Å². The number of aryl methyl sites for hydroxylation is 2.